The van der Waals surface area contributed by atoms with Gasteiger partial charge in [0.05, 0.1) is 12.6 Å². The van der Waals surface area contributed by atoms with E-state index in [1.807, 2.05) is 19.1 Å². The zero-order chi connectivity index (χ0) is 15.9. The highest BCUT2D eigenvalue weighted by Gasteiger charge is 2.22. The van der Waals surface area contributed by atoms with Crippen LogP contribution in [-0.4, -0.2) is 18.4 Å². The standard InChI is InChI=1S/C18H26N2O2/c1-3-14-8-10-15(11-9-14)13(2)20-17(21)12-19-18(22)16-6-4-5-7-16/h8-11,13,16H,3-7,12H2,1-2H3,(H,19,22)(H,20,21). The molecule has 1 unspecified atom stereocenters. The predicted octanol–water partition coefficient (Wildman–Crippen LogP) is 2.73. The Kier molecular flexibility index (Phi) is 5.99. The van der Waals surface area contributed by atoms with Crippen LogP contribution < -0.4 is 10.6 Å². The first-order valence-electron chi connectivity index (χ1n) is 8.26. The van der Waals surface area contributed by atoms with E-state index in [2.05, 4.69) is 29.7 Å². The number of carbonyl (C=O) groups excluding carboxylic acids is 2. The number of rotatable bonds is 6. The van der Waals surface area contributed by atoms with Crippen molar-refractivity contribution in [3.8, 4) is 0 Å². The largest absolute Gasteiger partial charge is 0.348 e. The molecule has 0 bridgehead atoms. The van der Waals surface area contributed by atoms with Gasteiger partial charge in [0.15, 0.2) is 0 Å². The second kappa shape index (κ2) is 7.97. The van der Waals surface area contributed by atoms with Gasteiger partial charge in [0.1, 0.15) is 0 Å². The lowest BCUT2D eigenvalue weighted by atomic mass is 10.0. The average molecular weight is 302 g/mol. The van der Waals surface area contributed by atoms with E-state index < -0.39 is 0 Å². The number of hydrogen-bond acceptors (Lipinski definition) is 2. The second-order valence-corrected chi connectivity index (χ2v) is 6.08. The van der Waals surface area contributed by atoms with Gasteiger partial charge in [0.2, 0.25) is 11.8 Å². The number of benzene rings is 1. The van der Waals surface area contributed by atoms with E-state index >= 15 is 0 Å². The fourth-order valence-electron chi connectivity index (χ4n) is 2.92. The molecule has 1 aromatic carbocycles. The van der Waals surface area contributed by atoms with Crippen LogP contribution in [0.5, 0.6) is 0 Å². The molecule has 0 heterocycles. The van der Waals surface area contributed by atoms with Crippen molar-refractivity contribution in [2.75, 3.05) is 6.54 Å². The molecule has 1 fully saturated rings. The average Bonchev–Trinajstić information content (AvgIpc) is 3.07. The molecule has 4 nitrogen and oxygen atoms in total. The highest BCUT2D eigenvalue weighted by Crippen LogP contribution is 2.24. The summed E-state index contributed by atoms with van der Waals surface area (Å²) in [5, 5.41) is 5.67. The van der Waals surface area contributed by atoms with E-state index in [9.17, 15) is 9.59 Å². The molecule has 0 saturated heterocycles. The van der Waals surface area contributed by atoms with Gasteiger partial charge in [-0.1, -0.05) is 44.0 Å². The number of hydrogen-bond donors (Lipinski definition) is 2. The van der Waals surface area contributed by atoms with Crippen molar-refractivity contribution in [3.63, 3.8) is 0 Å². The molecule has 0 radical (unpaired) electrons. The third-order valence-corrected chi connectivity index (χ3v) is 4.41. The van der Waals surface area contributed by atoms with Crippen LogP contribution in [-0.2, 0) is 16.0 Å². The highest BCUT2D eigenvalue weighted by atomic mass is 16.2. The molecule has 0 aliphatic heterocycles. The smallest absolute Gasteiger partial charge is 0.239 e. The van der Waals surface area contributed by atoms with Crippen molar-refractivity contribution in [2.45, 2.75) is 52.0 Å². The second-order valence-electron chi connectivity index (χ2n) is 6.08. The van der Waals surface area contributed by atoms with Gasteiger partial charge in [0, 0.05) is 5.92 Å². The topological polar surface area (TPSA) is 58.2 Å². The Balaban J connectivity index is 1.76. The van der Waals surface area contributed by atoms with Crippen LogP contribution >= 0.6 is 0 Å². The van der Waals surface area contributed by atoms with Gasteiger partial charge in [-0.15, -0.1) is 0 Å². The Morgan fingerprint density at radius 3 is 2.41 bits per heavy atom. The van der Waals surface area contributed by atoms with Crippen LogP contribution in [0.15, 0.2) is 24.3 Å². The zero-order valence-electron chi connectivity index (χ0n) is 13.5. The number of amides is 2. The molecular weight excluding hydrogens is 276 g/mol. The van der Waals surface area contributed by atoms with E-state index in [4.69, 9.17) is 0 Å². The molecule has 2 N–H and O–H groups in total. The molecule has 0 spiro atoms. The van der Waals surface area contributed by atoms with Gasteiger partial charge in [-0.3, -0.25) is 9.59 Å². The number of carbonyl (C=O) groups is 2. The maximum atomic E-state index is 11.9. The lowest BCUT2D eigenvalue weighted by Gasteiger charge is -2.16. The van der Waals surface area contributed by atoms with Crippen molar-refractivity contribution in [2.24, 2.45) is 5.92 Å². The van der Waals surface area contributed by atoms with Crippen molar-refractivity contribution < 1.29 is 9.59 Å². The van der Waals surface area contributed by atoms with Gasteiger partial charge in [0.25, 0.3) is 0 Å². The van der Waals surface area contributed by atoms with E-state index in [1.54, 1.807) is 0 Å². The van der Waals surface area contributed by atoms with Crippen molar-refractivity contribution >= 4 is 11.8 Å². The molecule has 4 heteroatoms. The Hall–Kier alpha value is -1.84. The van der Waals surface area contributed by atoms with Gasteiger partial charge in [-0.05, 0) is 37.3 Å². The predicted molar refractivity (Wildman–Crippen MR) is 87.3 cm³/mol. The van der Waals surface area contributed by atoms with Gasteiger partial charge in [-0.2, -0.15) is 0 Å². The zero-order valence-corrected chi connectivity index (χ0v) is 13.5. The van der Waals surface area contributed by atoms with Gasteiger partial charge < -0.3 is 10.6 Å². The molecule has 1 saturated carbocycles. The van der Waals surface area contributed by atoms with Crippen molar-refractivity contribution in [3.05, 3.63) is 35.4 Å². The van der Waals surface area contributed by atoms with Crippen LogP contribution in [0.3, 0.4) is 0 Å². The molecule has 1 aliphatic rings. The minimum absolute atomic E-state index is 0.0209. The maximum absolute atomic E-state index is 11.9. The van der Waals surface area contributed by atoms with Crippen LogP contribution in [0, 0.1) is 5.92 Å². The highest BCUT2D eigenvalue weighted by molar-refractivity contribution is 5.86. The molecular formula is C18H26N2O2. The minimum atomic E-state index is -0.140. The monoisotopic (exact) mass is 302 g/mol. The van der Waals surface area contributed by atoms with Crippen LogP contribution in [0.25, 0.3) is 0 Å². The fraction of sp³-hybridized carbons (Fsp3) is 0.556. The van der Waals surface area contributed by atoms with E-state index in [0.29, 0.717) is 0 Å². The molecule has 1 aliphatic carbocycles. The van der Waals surface area contributed by atoms with Gasteiger partial charge in [-0.25, -0.2) is 0 Å². The number of aryl methyl sites for hydroxylation is 1. The molecule has 120 valence electrons. The first kappa shape index (κ1) is 16.5. The van der Waals surface area contributed by atoms with Crippen molar-refractivity contribution in [1.29, 1.82) is 0 Å². The van der Waals surface area contributed by atoms with E-state index in [-0.39, 0.29) is 30.3 Å². The fourth-order valence-corrected chi connectivity index (χ4v) is 2.92. The lowest BCUT2D eigenvalue weighted by molar-refractivity contribution is -0.128. The summed E-state index contributed by atoms with van der Waals surface area (Å²) in [6.45, 7) is 4.14. The summed E-state index contributed by atoms with van der Waals surface area (Å²) in [4.78, 5) is 23.8. The van der Waals surface area contributed by atoms with E-state index in [1.165, 1.54) is 5.56 Å². The number of nitrogens with one attached hydrogen (secondary N) is 2. The van der Waals surface area contributed by atoms with Crippen molar-refractivity contribution in [1.82, 2.24) is 10.6 Å². The van der Waals surface area contributed by atoms with Crippen LogP contribution in [0.1, 0.15) is 56.7 Å². The maximum Gasteiger partial charge on any atom is 0.239 e. The normalized spacial score (nSPS) is 16.3. The summed E-state index contributed by atoms with van der Waals surface area (Å²) < 4.78 is 0. The third-order valence-electron chi connectivity index (χ3n) is 4.41. The molecule has 2 amide bonds. The Morgan fingerprint density at radius 2 is 1.82 bits per heavy atom. The summed E-state index contributed by atoms with van der Waals surface area (Å²) in [5.74, 6) is -0.0159. The van der Waals surface area contributed by atoms with Gasteiger partial charge >= 0.3 is 0 Å². The first-order valence-corrected chi connectivity index (χ1v) is 8.26. The first-order chi connectivity index (χ1) is 10.6. The minimum Gasteiger partial charge on any atom is -0.348 e. The summed E-state index contributed by atoms with van der Waals surface area (Å²) in [5.41, 5.74) is 2.36. The van der Waals surface area contributed by atoms with Crippen LogP contribution in [0.4, 0.5) is 0 Å². The Morgan fingerprint density at radius 1 is 1.18 bits per heavy atom. The molecule has 2 rings (SSSR count). The SMILES string of the molecule is CCc1ccc(C(C)NC(=O)CNC(=O)C2CCCC2)cc1. The molecule has 22 heavy (non-hydrogen) atoms. The van der Waals surface area contributed by atoms with Crippen LogP contribution in [0.2, 0.25) is 0 Å². The quantitative estimate of drug-likeness (QED) is 0.849. The summed E-state index contributed by atoms with van der Waals surface area (Å²) >= 11 is 0. The summed E-state index contributed by atoms with van der Waals surface area (Å²) in [6.07, 6.45) is 5.15. The van der Waals surface area contributed by atoms with E-state index in [0.717, 1.165) is 37.7 Å². The molecule has 1 aromatic rings. The molecule has 1 atom stereocenters. The Labute approximate surface area is 132 Å². The lowest BCUT2D eigenvalue weighted by Crippen LogP contribution is -2.39. The summed E-state index contributed by atoms with van der Waals surface area (Å²) in [7, 11) is 0. The Bertz CT molecular complexity index is 504. The third kappa shape index (κ3) is 4.58. The summed E-state index contributed by atoms with van der Waals surface area (Å²) in [6, 6.07) is 8.20. The molecule has 0 aromatic heterocycles.